The maximum atomic E-state index is 12.7. The second-order valence-corrected chi connectivity index (χ2v) is 6.00. The second kappa shape index (κ2) is 6.72. The van der Waals surface area contributed by atoms with Gasteiger partial charge in [-0.3, -0.25) is 0 Å². The first-order chi connectivity index (χ1) is 12.3. The highest BCUT2D eigenvalue weighted by Gasteiger charge is 2.32. The van der Waals surface area contributed by atoms with Gasteiger partial charge >= 0.3 is 6.03 Å². The number of nitrogens with one attached hydrogen (secondary N) is 1. The Morgan fingerprint density at radius 3 is 2.64 bits per heavy atom. The van der Waals surface area contributed by atoms with E-state index in [1.54, 1.807) is 30.9 Å². The summed E-state index contributed by atoms with van der Waals surface area (Å²) in [5, 5.41) is 7.12. The van der Waals surface area contributed by atoms with E-state index in [9.17, 15) is 4.79 Å². The lowest BCUT2D eigenvalue weighted by Crippen LogP contribution is -2.36. The summed E-state index contributed by atoms with van der Waals surface area (Å²) < 4.78 is 1.54. The molecule has 1 aliphatic rings. The van der Waals surface area contributed by atoms with E-state index in [0.29, 0.717) is 24.2 Å². The van der Waals surface area contributed by atoms with E-state index in [4.69, 9.17) is 0 Å². The van der Waals surface area contributed by atoms with E-state index >= 15 is 0 Å². The fraction of sp³-hybridized carbons (Fsp3) is 0.222. The summed E-state index contributed by atoms with van der Waals surface area (Å²) in [6.45, 7) is 0.604. The predicted octanol–water partition coefficient (Wildman–Crippen LogP) is 2.86. The van der Waals surface area contributed by atoms with Gasteiger partial charge in [-0.05, 0) is 24.5 Å². The van der Waals surface area contributed by atoms with Crippen molar-refractivity contribution < 1.29 is 4.79 Å². The van der Waals surface area contributed by atoms with Crippen LogP contribution in [0.15, 0.2) is 61.2 Å². The smallest absolute Gasteiger partial charge is 0.317 e. The molecule has 0 aliphatic heterocycles. The maximum Gasteiger partial charge on any atom is 0.322 e. The molecule has 1 saturated carbocycles. The van der Waals surface area contributed by atoms with Gasteiger partial charge in [0.05, 0.1) is 18.1 Å². The number of carbonyl (C=O) groups is 1. The molecule has 25 heavy (non-hydrogen) atoms. The molecule has 4 rings (SSSR count). The first-order valence-electron chi connectivity index (χ1n) is 8.23. The molecular weight excluding hydrogens is 316 g/mol. The molecule has 2 amide bonds. The first kappa shape index (κ1) is 15.3. The van der Waals surface area contributed by atoms with Crippen LogP contribution in [0.5, 0.6) is 0 Å². The van der Waals surface area contributed by atoms with Crippen molar-refractivity contribution in [1.29, 1.82) is 0 Å². The third-order valence-corrected chi connectivity index (χ3v) is 4.04. The number of aromatic nitrogens is 4. The Hall–Kier alpha value is -3.22. The van der Waals surface area contributed by atoms with Gasteiger partial charge in [0.15, 0.2) is 0 Å². The number of urea groups is 1. The lowest BCUT2D eigenvalue weighted by atomic mass is 10.2. The van der Waals surface area contributed by atoms with Gasteiger partial charge in [0, 0.05) is 25.0 Å². The Bertz CT molecular complexity index is 844. The standard InChI is InChI=1S/C18H18N6O/c25-18(23(16-7-8-16)12-14-5-2-1-3-6-14)22-15-11-21-24(13-15)17-19-9-4-10-20-17/h1-6,9-11,13,16H,7-8,12H2,(H,22,25). The normalized spacial score (nSPS) is 13.4. The molecule has 0 unspecified atom stereocenters. The van der Waals surface area contributed by atoms with Gasteiger partial charge in [0.1, 0.15) is 0 Å². The molecule has 2 heterocycles. The minimum absolute atomic E-state index is 0.111. The second-order valence-electron chi connectivity index (χ2n) is 6.00. The number of nitrogens with zero attached hydrogens (tertiary/aromatic N) is 5. The van der Waals surface area contributed by atoms with Crippen LogP contribution in [0, 0.1) is 0 Å². The number of amides is 2. The van der Waals surface area contributed by atoms with Crippen molar-refractivity contribution in [3.8, 4) is 5.95 Å². The zero-order valence-electron chi connectivity index (χ0n) is 13.6. The van der Waals surface area contributed by atoms with Crippen molar-refractivity contribution >= 4 is 11.7 Å². The molecule has 126 valence electrons. The Morgan fingerprint density at radius 1 is 1.16 bits per heavy atom. The van der Waals surface area contributed by atoms with Crippen LogP contribution in [0.1, 0.15) is 18.4 Å². The van der Waals surface area contributed by atoms with E-state index in [0.717, 1.165) is 18.4 Å². The number of benzene rings is 1. The fourth-order valence-corrected chi connectivity index (χ4v) is 2.63. The van der Waals surface area contributed by atoms with Crippen LogP contribution in [0.4, 0.5) is 10.5 Å². The maximum absolute atomic E-state index is 12.7. The van der Waals surface area contributed by atoms with Gasteiger partial charge in [0.2, 0.25) is 5.95 Å². The minimum atomic E-state index is -0.111. The van der Waals surface area contributed by atoms with Crippen molar-refractivity contribution in [1.82, 2.24) is 24.6 Å². The van der Waals surface area contributed by atoms with Gasteiger partial charge in [-0.15, -0.1) is 0 Å². The molecule has 1 fully saturated rings. The van der Waals surface area contributed by atoms with E-state index in [1.165, 1.54) is 4.68 Å². The number of hydrogen-bond acceptors (Lipinski definition) is 4. The van der Waals surface area contributed by atoms with E-state index in [-0.39, 0.29) is 6.03 Å². The highest BCUT2D eigenvalue weighted by molar-refractivity contribution is 5.89. The van der Waals surface area contributed by atoms with E-state index in [1.807, 2.05) is 35.2 Å². The number of carbonyl (C=O) groups excluding carboxylic acids is 1. The largest absolute Gasteiger partial charge is 0.322 e. The SMILES string of the molecule is O=C(Nc1cnn(-c2ncccn2)c1)N(Cc1ccccc1)C1CC1. The summed E-state index contributed by atoms with van der Waals surface area (Å²) in [6.07, 6.45) is 8.71. The van der Waals surface area contributed by atoms with E-state index < -0.39 is 0 Å². The summed E-state index contributed by atoms with van der Waals surface area (Å²) in [4.78, 5) is 22.8. The molecule has 0 spiro atoms. The molecule has 1 N–H and O–H groups in total. The number of rotatable bonds is 5. The van der Waals surface area contributed by atoms with Crippen molar-refractivity contribution in [3.05, 3.63) is 66.7 Å². The molecule has 2 aromatic heterocycles. The predicted molar refractivity (Wildman–Crippen MR) is 93.2 cm³/mol. The molecular formula is C18H18N6O. The zero-order chi connectivity index (χ0) is 17.1. The average molecular weight is 334 g/mol. The summed E-state index contributed by atoms with van der Waals surface area (Å²) in [5.41, 5.74) is 1.74. The molecule has 7 nitrogen and oxygen atoms in total. The molecule has 1 aliphatic carbocycles. The third kappa shape index (κ3) is 3.65. The Labute approximate surface area is 145 Å². The van der Waals surface area contributed by atoms with Crippen molar-refractivity contribution in [2.75, 3.05) is 5.32 Å². The Morgan fingerprint density at radius 2 is 1.92 bits per heavy atom. The Balaban J connectivity index is 1.46. The van der Waals surface area contributed by atoms with Gasteiger partial charge in [-0.25, -0.2) is 19.4 Å². The zero-order valence-corrected chi connectivity index (χ0v) is 13.6. The lowest BCUT2D eigenvalue weighted by Gasteiger charge is -2.22. The molecule has 0 bridgehead atoms. The molecule has 0 radical (unpaired) electrons. The number of hydrogen-bond donors (Lipinski definition) is 1. The third-order valence-electron chi connectivity index (χ3n) is 4.04. The van der Waals surface area contributed by atoms with Gasteiger partial charge < -0.3 is 10.2 Å². The van der Waals surface area contributed by atoms with Crippen LogP contribution in [0.2, 0.25) is 0 Å². The van der Waals surface area contributed by atoms with Crippen LogP contribution in [-0.2, 0) is 6.54 Å². The van der Waals surface area contributed by atoms with Gasteiger partial charge in [0.25, 0.3) is 0 Å². The molecule has 0 atom stereocenters. The highest BCUT2D eigenvalue weighted by Crippen LogP contribution is 2.29. The van der Waals surface area contributed by atoms with Crippen molar-refractivity contribution in [2.24, 2.45) is 0 Å². The first-order valence-corrected chi connectivity index (χ1v) is 8.23. The number of anilines is 1. The van der Waals surface area contributed by atoms with Crippen molar-refractivity contribution in [2.45, 2.75) is 25.4 Å². The quantitative estimate of drug-likeness (QED) is 0.778. The van der Waals surface area contributed by atoms with Crippen LogP contribution in [0.25, 0.3) is 5.95 Å². The summed E-state index contributed by atoms with van der Waals surface area (Å²) in [5.74, 6) is 0.464. The summed E-state index contributed by atoms with van der Waals surface area (Å²) in [6, 6.07) is 12.0. The van der Waals surface area contributed by atoms with Crippen LogP contribution in [0.3, 0.4) is 0 Å². The monoisotopic (exact) mass is 334 g/mol. The molecule has 0 saturated heterocycles. The fourth-order valence-electron chi connectivity index (χ4n) is 2.63. The van der Waals surface area contributed by atoms with Crippen LogP contribution >= 0.6 is 0 Å². The van der Waals surface area contributed by atoms with Gasteiger partial charge in [-0.2, -0.15) is 5.10 Å². The van der Waals surface area contributed by atoms with E-state index in [2.05, 4.69) is 20.4 Å². The summed E-state index contributed by atoms with van der Waals surface area (Å²) >= 11 is 0. The molecule has 3 aromatic rings. The Kier molecular flexibility index (Phi) is 4.12. The van der Waals surface area contributed by atoms with Crippen LogP contribution < -0.4 is 5.32 Å². The average Bonchev–Trinajstić information content (AvgIpc) is 3.39. The summed E-state index contributed by atoms with van der Waals surface area (Å²) in [7, 11) is 0. The topological polar surface area (TPSA) is 75.9 Å². The van der Waals surface area contributed by atoms with Gasteiger partial charge in [-0.1, -0.05) is 30.3 Å². The molecule has 1 aromatic carbocycles. The lowest BCUT2D eigenvalue weighted by molar-refractivity contribution is 0.206. The van der Waals surface area contributed by atoms with Crippen LogP contribution in [-0.4, -0.2) is 36.7 Å². The minimum Gasteiger partial charge on any atom is -0.317 e. The van der Waals surface area contributed by atoms with Crippen molar-refractivity contribution in [3.63, 3.8) is 0 Å². The molecule has 7 heteroatoms. The highest BCUT2D eigenvalue weighted by atomic mass is 16.2.